The maximum absolute atomic E-state index is 12.5. The van der Waals surface area contributed by atoms with Gasteiger partial charge in [-0.15, -0.1) is 0 Å². The summed E-state index contributed by atoms with van der Waals surface area (Å²) >= 11 is 0. The number of methoxy groups -OCH3 is 1. The van der Waals surface area contributed by atoms with Crippen LogP contribution in [0.3, 0.4) is 0 Å². The van der Waals surface area contributed by atoms with Crippen LogP contribution in [0.15, 0.2) is 24.3 Å². The number of likely N-dealkylation sites (tertiary alicyclic amines) is 1. The molecule has 1 fully saturated rings. The summed E-state index contributed by atoms with van der Waals surface area (Å²) in [4.78, 5) is 26.3. The fourth-order valence-corrected chi connectivity index (χ4v) is 2.79. The van der Waals surface area contributed by atoms with Gasteiger partial charge >= 0.3 is 0 Å². The maximum Gasteiger partial charge on any atom is 0.224 e. The molecule has 2 rings (SSSR count). The number of piperidine rings is 1. The van der Waals surface area contributed by atoms with Crippen LogP contribution < -0.4 is 10.5 Å². The lowest BCUT2D eigenvalue weighted by molar-refractivity contribution is -0.132. The van der Waals surface area contributed by atoms with Gasteiger partial charge in [0, 0.05) is 37.0 Å². The van der Waals surface area contributed by atoms with Gasteiger partial charge in [0.15, 0.2) is 5.78 Å². The highest BCUT2D eigenvalue weighted by Crippen LogP contribution is 2.23. The predicted molar refractivity (Wildman–Crippen MR) is 84.9 cm³/mol. The molecular formula is C17H24N2O3. The van der Waals surface area contributed by atoms with E-state index < -0.39 is 0 Å². The van der Waals surface area contributed by atoms with Crippen molar-refractivity contribution in [3.63, 3.8) is 0 Å². The smallest absolute Gasteiger partial charge is 0.224 e. The van der Waals surface area contributed by atoms with Gasteiger partial charge in [0.25, 0.3) is 0 Å². The molecule has 120 valence electrons. The highest BCUT2D eigenvalue weighted by atomic mass is 16.5. The summed E-state index contributed by atoms with van der Waals surface area (Å²) in [5, 5.41) is 0. The van der Waals surface area contributed by atoms with Crippen molar-refractivity contribution in [1.82, 2.24) is 4.90 Å². The molecule has 0 radical (unpaired) electrons. The summed E-state index contributed by atoms with van der Waals surface area (Å²) in [7, 11) is 1.60. The Kier molecular flexibility index (Phi) is 5.55. The van der Waals surface area contributed by atoms with Gasteiger partial charge in [0.2, 0.25) is 5.91 Å². The van der Waals surface area contributed by atoms with Gasteiger partial charge in [0.1, 0.15) is 5.75 Å². The Balaban J connectivity index is 1.90. The van der Waals surface area contributed by atoms with Crippen LogP contribution in [0, 0.1) is 5.92 Å². The number of carbonyl (C=O) groups is 2. The molecule has 0 aromatic heterocycles. The zero-order chi connectivity index (χ0) is 16.1. The van der Waals surface area contributed by atoms with Crippen LogP contribution in [0.25, 0.3) is 0 Å². The SMILES string of the molecule is COc1ccc(C(=O)C2CCN(C(=O)CC(C)N)CC2)cc1. The number of ketones is 1. The number of amides is 1. The summed E-state index contributed by atoms with van der Waals surface area (Å²) in [5.41, 5.74) is 6.37. The second kappa shape index (κ2) is 7.40. The Bertz CT molecular complexity index is 517. The zero-order valence-corrected chi connectivity index (χ0v) is 13.2. The Labute approximate surface area is 131 Å². The molecule has 0 spiro atoms. The average molecular weight is 304 g/mol. The molecule has 0 aliphatic carbocycles. The number of ether oxygens (including phenoxy) is 1. The van der Waals surface area contributed by atoms with E-state index in [2.05, 4.69) is 0 Å². The molecule has 1 aliphatic rings. The van der Waals surface area contributed by atoms with Crippen molar-refractivity contribution >= 4 is 11.7 Å². The molecule has 0 bridgehead atoms. The van der Waals surface area contributed by atoms with Crippen LogP contribution in [0.5, 0.6) is 5.75 Å². The van der Waals surface area contributed by atoms with Gasteiger partial charge in [-0.2, -0.15) is 0 Å². The average Bonchev–Trinajstić information content (AvgIpc) is 2.54. The molecule has 1 aromatic carbocycles. The van der Waals surface area contributed by atoms with E-state index in [9.17, 15) is 9.59 Å². The molecule has 2 N–H and O–H groups in total. The molecule has 1 heterocycles. The first-order chi connectivity index (χ1) is 10.5. The molecule has 1 aliphatic heterocycles. The summed E-state index contributed by atoms with van der Waals surface area (Å²) < 4.78 is 5.10. The molecule has 5 heteroatoms. The zero-order valence-electron chi connectivity index (χ0n) is 13.2. The number of hydrogen-bond acceptors (Lipinski definition) is 4. The topological polar surface area (TPSA) is 72.6 Å². The number of benzene rings is 1. The third-order valence-electron chi connectivity index (χ3n) is 4.09. The van der Waals surface area contributed by atoms with Gasteiger partial charge < -0.3 is 15.4 Å². The third kappa shape index (κ3) is 4.07. The Morgan fingerprint density at radius 3 is 2.36 bits per heavy atom. The van der Waals surface area contributed by atoms with Crippen LogP contribution in [-0.2, 0) is 4.79 Å². The van der Waals surface area contributed by atoms with Crippen molar-refractivity contribution in [2.45, 2.75) is 32.2 Å². The highest BCUT2D eigenvalue weighted by molar-refractivity contribution is 5.98. The second-order valence-electron chi connectivity index (χ2n) is 5.93. The Morgan fingerprint density at radius 2 is 1.86 bits per heavy atom. The van der Waals surface area contributed by atoms with Crippen LogP contribution >= 0.6 is 0 Å². The van der Waals surface area contributed by atoms with Gasteiger partial charge in [-0.05, 0) is 44.0 Å². The molecule has 1 saturated heterocycles. The van der Waals surface area contributed by atoms with Crippen molar-refractivity contribution in [2.75, 3.05) is 20.2 Å². The largest absolute Gasteiger partial charge is 0.497 e. The first-order valence-electron chi connectivity index (χ1n) is 7.73. The number of hydrogen-bond donors (Lipinski definition) is 1. The van der Waals surface area contributed by atoms with E-state index in [1.165, 1.54) is 0 Å². The van der Waals surface area contributed by atoms with Gasteiger partial charge in [-0.3, -0.25) is 9.59 Å². The van der Waals surface area contributed by atoms with Crippen LogP contribution in [-0.4, -0.2) is 42.8 Å². The lowest BCUT2D eigenvalue weighted by Gasteiger charge is -2.31. The molecule has 1 aromatic rings. The number of nitrogens with zero attached hydrogens (tertiary/aromatic N) is 1. The molecule has 22 heavy (non-hydrogen) atoms. The minimum atomic E-state index is -0.119. The first kappa shape index (κ1) is 16.5. The molecule has 1 unspecified atom stereocenters. The maximum atomic E-state index is 12.5. The van der Waals surface area contributed by atoms with Crippen molar-refractivity contribution in [3.05, 3.63) is 29.8 Å². The van der Waals surface area contributed by atoms with Crippen LogP contribution in [0.1, 0.15) is 36.5 Å². The van der Waals surface area contributed by atoms with Crippen molar-refractivity contribution in [2.24, 2.45) is 11.7 Å². The van der Waals surface area contributed by atoms with Gasteiger partial charge in [0.05, 0.1) is 7.11 Å². The first-order valence-corrected chi connectivity index (χ1v) is 7.73. The Hall–Kier alpha value is -1.88. The van der Waals surface area contributed by atoms with E-state index in [1.807, 2.05) is 11.8 Å². The normalized spacial score (nSPS) is 17.1. The molecular weight excluding hydrogens is 280 g/mol. The summed E-state index contributed by atoms with van der Waals surface area (Å²) in [6.07, 6.45) is 1.81. The van der Waals surface area contributed by atoms with E-state index in [4.69, 9.17) is 10.5 Å². The minimum Gasteiger partial charge on any atom is -0.497 e. The number of nitrogens with two attached hydrogens (primary N) is 1. The van der Waals surface area contributed by atoms with E-state index in [-0.39, 0.29) is 23.7 Å². The quantitative estimate of drug-likeness (QED) is 0.843. The van der Waals surface area contributed by atoms with Crippen molar-refractivity contribution < 1.29 is 14.3 Å². The van der Waals surface area contributed by atoms with E-state index in [1.54, 1.807) is 31.4 Å². The van der Waals surface area contributed by atoms with E-state index in [0.29, 0.717) is 25.1 Å². The van der Waals surface area contributed by atoms with E-state index in [0.717, 1.165) is 18.6 Å². The van der Waals surface area contributed by atoms with E-state index >= 15 is 0 Å². The molecule has 1 atom stereocenters. The highest BCUT2D eigenvalue weighted by Gasteiger charge is 2.28. The van der Waals surface area contributed by atoms with Crippen molar-refractivity contribution in [3.8, 4) is 5.75 Å². The molecule has 0 saturated carbocycles. The summed E-state index contributed by atoms with van der Waals surface area (Å²) in [6.45, 7) is 3.11. The molecule has 1 amide bonds. The lowest BCUT2D eigenvalue weighted by Crippen LogP contribution is -2.42. The number of rotatable bonds is 5. The lowest BCUT2D eigenvalue weighted by atomic mass is 9.88. The summed E-state index contributed by atoms with van der Waals surface area (Å²) in [5.74, 6) is 0.980. The monoisotopic (exact) mass is 304 g/mol. The second-order valence-corrected chi connectivity index (χ2v) is 5.93. The number of Topliss-reactive ketones (excluding diaryl/α,β-unsaturated/α-hetero) is 1. The predicted octanol–water partition coefficient (Wildman–Crippen LogP) is 1.85. The standard InChI is InChI=1S/C17H24N2O3/c1-12(18)11-16(20)19-9-7-14(8-10-19)17(21)13-3-5-15(22-2)6-4-13/h3-6,12,14H,7-11,18H2,1-2H3. The third-order valence-corrected chi connectivity index (χ3v) is 4.09. The van der Waals surface area contributed by atoms with Crippen LogP contribution in [0.4, 0.5) is 0 Å². The number of carbonyl (C=O) groups excluding carboxylic acids is 2. The van der Waals surface area contributed by atoms with Crippen molar-refractivity contribution in [1.29, 1.82) is 0 Å². The van der Waals surface area contributed by atoms with Gasteiger partial charge in [-0.1, -0.05) is 0 Å². The Morgan fingerprint density at radius 1 is 1.27 bits per heavy atom. The summed E-state index contributed by atoms with van der Waals surface area (Å²) in [6, 6.07) is 7.08. The van der Waals surface area contributed by atoms with Gasteiger partial charge in [-0.25, -0.2) is 0 Å². The fourth-order valence-electron chi connectivity index (χ4n) is 2.79. The minimum absolute atomic E-state index is 0.00672. The van der Waals surface area contributed by atoms with Crippen LogP contribution in [0.2, 0.25) is 0 Å². The molecule has 5 nitrogen and oxygen atoms in total. The fraction of sp³-hybridized carbons (Fsp3) is 0.529.